The summed E-state index contributed by atoms with van der Waals surface area (Å²) in [6.45, 7) is 4.27. The second-order valence-electron chi connectivity index (χ2n) is 4.21. The van der Waals surface area contributed by atoms with E-state index in [1.54, 1.807) is 0 Å². The molecule has 0 saturated carbocycles. The van der Waals surface area contributed by atoms with Crippen LogP contribution in [0.4, 0.5) is 0 Å². The van der Waals surface area contributed by atoms with Gasteiger partial charge in [0.05, 0.1) is 24.4 Å². The van der Waals surface area contributed by atoms with Crippen molar-refractivity contribution in [3.05, 3.63) is 29.8 Å². The monoisotopic (exact) mass is 247 g/mol. The van der Waals surface area contributed by atoms with E-state index in [0.717, 1.165) is 18.5 Å². The van der Waals surface area contributed by atoms with Crippen LogP contribution in [-0.2, 0) is 6.42 Å². The molecular formula is C12H17N5O. The van der Waals surface area contributed by atoms with Crippen molar-refractivity contribution in [2.24, 2.45) is 0 Å². The van der Waals surface area contributed by atoms with E-state index < -0.39 is 0 Å². The van der Waals surface area contributed by atoms with Crippen LogP contribution in [-0.4, -0.2) is 31.0 Å². The number of nitrogens with one attached hydrogen (secondary N) is 1. The fraction of sp³-hybridized carbons (Fsp3) is 0.500. The van der Waals surface area contributed by atoms with E-state index in [2.05, 4.69) is 34.4 Å². The van der Waals surface area contributed by atoms with Crippen molar-refractivity contribution >= 4 is 5.78 Å². The Hall–Kier alpha value is -1.98. The number of hydrogen-bond donors (Lipinski definition) is 1. The number of Topliss-reactive ketones (excluding diaryl/α,β-unsaturated/α-hetero) is 1. The van der Waals surface area contributed by atoms with Crippen LogP contribution in [0.1, 0.15) is 48.9 Å². The second kappa shape index (κ2) is 5.57. The number of ketones is 1. The van der Waals surface area contributed by atoms with Crippen molar-refractivity contribution in [2.75, 3.05) is 0 Å². The number of aromatic nitrogens is 5. The van der Waals surface area contributed by atoms with E-state index in [1.807, 2.05) is 16.9 Å². The van der Waals surface area contributed by atoms with Gasteiger partial charge in [0.25, 0.3) is 0 Å². The molecule has 0 aliphatic carbocycles. The highest BCUT2D eigenvalue weighted by molar-refractivity contribution is 5.95. The van der Waals surface area contributed by atoms with Gasteiger partial charge < -0.3 is 0 Å². The lowest BCUT2D eigenvalue weighted by atomic mass is 10.2. The van der Waals surface area contributed by atoms with E-state index in [9.17, 15) is 4.79 Å². The maximum Gasteiger partial charge on any atom is 0.190 e. The van der Waals surface area contributed by atoms with Gasteiger partial charge in [-0.2, -0.15) is 20.5 Å². The van der Waals surface area contributed by atoms with Crippen molar-refractivity contribution in [1.29, 1.82) is 0 Å². The normalized spacial score (nSPS) is 11.1. The summed E-state index contributed by atoms with van der Waals surface area (Å²) in [6.07, 6.45) is 5.70. The number of carbonyl (C=O) groups is 1. The Balaban J connectivity index is 2.05. The van der Waals surface area contributed by atoms with Gasteiger partial charge in [-0.25, -0.2) is 0 Å². The lowest BCUT2D eigenvalue weighted by molar-refractivity contribution is 0.0987. The Kier molecular flexibility index (Phi) is 3.86. The summed E-state index contributed by atoms with van der Waals surface area (Å²) in [6, 6.07) is 2.29. The second-order valence-corrected chi connectivity index (χ2v) is 4.21. The minimum absolute atomic E-state index is 0.0708. The third-order valence-corrected chi connectivity index (χ3v) is 3.02. The lowest BCUT2D eigenvalue weighted by Crippen LogP contribution is -2.09. The van der Waals surface area contributed by atoms with Crippen molar-refractivity contribution < 1.29 is 4.79 Å². The van der Waals surface area contributed by atoms with Crippen molar-refractivity contribution in [3.63, 3.8) is 0 Å². The molecule has 2 heterocycles. The van der Waals surface area contributed by atoms with Gasteiger partial charge in [0, 0.05) is 6.20 Å². The summed E-state index contributed by atoms with van der Waals surface area (Å²) < 4.78 is 1.94. The summed E-state index contributed by atoms with van der Waals surface area (Å²) in [5, 5.41) is 14.3. The zero-order valence-electron chi connectivity index (χ0n) is 10.6. The fourth-order valence-electron chi connectivity index (χ4n) is 1.93. The van der Waals surface area contributed by atoms with Crippen LogP contribution in [0.2, 0.25) is 0 Å². The average Bonchev–Trinajstić information content (AvgIpc) is 3.01. The summed E-state index contributed by atoms with van der Waals surface area (Å²) in [4.78, 5) is 11.8. The number of rotatable bonds is 6. The van der Waals surface area contributed by atoms with Gasteiger partial charge in [0.15, 0.2) is 5.78 Å². The minimum atomic E-state index is -0.0708. The number of aromatic amines is 1. The summed E-state index contributed by atoms with van der Waals surface area (Å²) in [5.74, 6) is -0.0708. The highest BCUT2D eigenvalue weighted by atomic mass is 16.1. The molecule has 0 unspecified atom stereocenters. The molecule has 6 heteroatoms. The smallest absolute Gasteiger partial charge is 0.190 e. The first-order valence-corrected chi connectivity index (χ1v) is 6.17. The van der Waals surface area contributed by atoms with E-state index in [4.69, 9.17) is 0 Å². The van der Waals surface area contributed by atoms with Gasteiger partial charge in [-0.1, -0.05) is 13.8 Å². The molecule has 0 saturated heterocycles. The lowest BCUT2D eigenvalue weighted by Gasteiger charge is -2.12. The Morgan fingerprint density at radius 3 is 2.83 bits per heavy atom. The molecule has 1 N–H and O–H groups in total. The van der Waals surface area contributed by atoms with Crippen LogP contribution < -0.4 is 0 Å². The molecule has 0 bridgehead atoms. The SMILES string of the molecule is CCC(CC)n1ccc(CC(=O)c2cn[nH]n2)n1. The topological polar surface area (TPSA) is 76.5 Å². The first kappa shape index (κ1) is 12.5. The van der Waals surface area contributed by atoms with E-state index >= 15 is 0 Å². The third-order valence-electron chi connectivity index (χ3n) is 3.02. The Bertz CT molecular complexity index is 498. The molecule has 0 fully saturated rings. The Morgan fingerprint density at radius 2 is 2.22 bits per heavy atom. The molecule has 96 valence electrons. The van der Waals surface area contributed by atoms with Gasteiger partial charge in [-0.05, 0) is 18.9 Å². The van der Waals surface area contributed by atoms with Gasteiger partial charge in [-0.15, -0.1) is 0 Å². The van der Waals surface area contributed by atoms with Crippen molar-refractivity contribution in [2.45, 2.75) is 39.2 Å². The van der Waals surface area contributed by atoms with Crippen molar-refractivity contribution in [3.8, 4) is 0 Å². The number of carbonyl (C=O) groups excluding carboxylic acids is 1. The van der Waals surface area contributed by atoms with Gasteiger partial charge in [0.1, 0.15) is 5.69 Å². The number of hydrogen-bond acceptors (Lipinski definition) is 4. The van der Waals surface area contributed by atoms with Crippen LogP contribution in [0.15, 0.2) is 18.5 Å². The van der Waals surface area contributed by atoms with Crippen LogP contribution in [0, 0.1) is 0 Å². The summed E-state index contributed by atoms with van der Waals surface area (Å²) in [5.41, 5.74) is 1.13. The predicted octanol–water partition coefficient (Wildman–Crippen LogP) is 1.79. The zero-order valence-corrected chi connectivity index (χ0v) is 10.6. The molecule has 0 amide bonds. The Morgan fingerprint density at radius 1 is 1.44 bits per heavy atom. The Labute approximate surface area is 105 Å². The average molecular weight is 247 g/mol. The molecule has 0 radical (unpaired) electrons. The number of H-pyrrole nitrogens is 1. The molecule has 2 aromatic rings. The van der Waals surface area contributed by atoms with E-state index in [0.29, 0.717) is 11.7 Å². The largest absolute Gasteiger partial charge is 0.292 e. The molecule has 18 heavy (non-hydrogen) atoms. The van der Waals surface area contributed by atoms with Crippen molar-refractivity contribution in [1.82, 2.24) is 25.2 Å². The third kappa shape index (κ3) is 2.64. The minimum Gasteiger partial charge on any atom is -0.292 e. The van der Waals surface area contributed by atoms with Crippen LogP contribution in [0.5, 0.6) is 0 Å². The van der Waals surface area contributed by atoms with Gasteiger partial charge >= 0.3 is 0 Å². The summed E-state index contributed by atoms with van der Waals surface area (Å²) >= 11 is 0. The zero-order chi connectivity index (χ0) is 13.0. The standard InChI is InChI=1S/C12H17N5O/c1-3-10(4-2)17-6-5-9(15-17)7-12(18)11-8-13-16-14-11/h5-6,8,10H,3-4,7H2,1-2H3,(H,13,14,16). The van der Waals surface area contributed by atoms with Gasteiger partial charge in [-0.3, -0.25) is 9.48 Å². The summed E-state index contributed by atoms with van der Waals surface area (Å²) in [7, 11) is 0. The number of nitrogens with zero attached hydrogens (tertiary/aromatic N) is 4. The molecule has 2 aromatic heterocycles. The predicted molar refractivity (Wildman–Crippen MR) is 66.3 cm³/mol. The molecule has 2 rings (SSSR count). The first-order chi connectivity index (χ1) is 8.74. The molecule has 0 atom stereocenters. The van der Waals surface area contributed by atoms with E-state index in [-0.39, 0.29) is 12.2 Å². The molecule has 0 aliphatic rings. The first-order valence-electron chi connectivity index (χ1n) is 6.17. The van der Waals surface area contributed by atoms with Gasteiger partial charge in [0.2, 0.25) is 0 Å². The molecule has 6 nitrogen and oxygen atoms in total. The molecular weight excluding hydrogens is 230 g/mol. The van der Waals surface area contributed by atoms with Crippen LogP contribution in [0.25, 0.3) is 0 Å². The van der Waals surface area contributed by atoms with E-state index in [1.165, 1.54) is 6.20 Å². The maximum absolute atomic E-state index is 11.8. The highest BCUT2D eigenvalue weighted by Gasteiger charge is 2.13. The quantitative estimate of drug-likeness (QED) is 0.789. The van der Waals surface area contributed by atoms with Crippen LogP contribution in [0.3, 0.4) is 0 Å². The highest BCUT2D eigenvalue weighted by Crippen LogP contribution is 2.15. The molecule has 0 aliphatic heterocycles. The van der Waals surface area contributed by atoms with Crippen LogP contribution >= 0.6 is 0 Å². The fourth-order valence-corrected chi connectivity index (χ4v) is 1.93. The molecule has 0 aromatic carbocycles. The molecule has 0 spiro atoms. The maximum atomic E-state index is 11.8.